The molecule has 0 atom stereocenters. The Kier molecular flexibility index (Phi) is 2.25. The van der Waals surface area contributed by atoms with Gasteiger partial charge in [0.25, 0.3) is 0 Å². The summed E-state index contributed by atoms with van der Waals surface area (Å²) < 4.78 is 0. The van der Waals surface area contributed by atoms with Gasteiger partial charge in [-0.2, -0.15) is 0 Å². The second-order valence-corrected chi connectivity index (χ2v) is 3.47. The van der Waals surface area contributed by atoms with Gasteiger partial charge < -0.3 is 5.11 Å². The van der Waals surface area contributed by atoms with Crippen LogP contribution in [0.1, 0.15) is 5.56 Å². The Morgan fingerprint density at radius 1 is 1.08 bits per heavy atom. The molecule has 0 saturated carbocycles. The predicted octanol–water partition coefficient (Wildman–Crippen LogP) is 2.62. The molecule has 0 amide bonds. The molecule has 0 spiro atoms. The zero-order valence-corrected chi connectivity index (χ0v) is 7.96. The van der Waals surface area contributed by atoms with Gasteiger partial charge in [-0.3, -0.25) is 0 Å². The molecule has 0 fully saturated rings. The van der Waals surface area contributed by atoms with Crippen LogP contribution in [0.15, 0.2) is 41.3 Å². The lowest BCUT2D eigenvalue weighted by Gasteiger charge is -2.03. The smallest absolute Gasteiger partial charge is 0.0692 e. The van der Waals surface area contributed by atoms with E-state index in [0.29, 0.717) is 0 Å². The topological polar surface area (TPSA) is 20.2 Å². The van der Waals surface area contributed by atoms with Gasteiger partial charge in [0.2, 0.25) is 0 Å². The molecule has 0 heterocycles. The monoisotopic (exact) mass is 190 g/mol. The van der Waals surface area contributed by atoms with E-state index in [1.54, 1.807) is 0 Å². The SMILES string of the molecule is OCc1cc2ccccc2cc1S. The van der Waals surface area contributed by atoms with Gasteiger partial charge in [0.15, 0.2) is 0 Å². The molecule has 0 bridgehead atoms. The normalized spacial score (nSPS) is 10.6. The van der Waals surface area contributed by atoms with Crippen molar-refractivity contribution in [2.75, 3.05) is 0 Å². The molecule has 2 rings (SSSR count). The first-order valence-corrected chi connectivity index (χ1v) is 4.57. The Labute approximate surface area is 82.4 Å². The van der Waals surface area contributed by atoms with Crippen molar-refractivity contribution in [3.8, 4) is 0 Å². The van der Waals surface area contributed by atoms with Crippen molar-refractivity contribution >= 4 is 23.4 Å². The van der Waals surface area contributed by atoms with Crippen LogP contribution >= 0.6 is 12.6 Å². The van der Waals surface area contributed by atoms with E-state index in [1.807, 2.05) is 36.4 Å². The first-order valence-electron chi connectivity index (χ1n) is 4.13. The minimum atomic E-state index is 0.0453. The molecule has 1 nitrogen and oxygen atoms in total. The van der Waals surface area contributed by atoms with Crippen LogP contribution in [0.3, 0.4) is 0 Å². The molecule has 13 heavy (non-hydrogen) atoms. The summed E-state index contributed by atoms with van der Waals surface area (Å²) >= 11 is 4.29. The predicted molar refractivity (Wildman–Crippen MR) is 57.1 cm³/mol. The molecule has 2 aromatic carbocycles. The third-order valence-corrected chi connectivity index (χ3v) is 2.53. The summed E-state index contributed by atoms with van der Waals surface area (Å²) in [5.41, 5.74) is 0.877. The fourth-order valence-electron chi connectivity index (χ4n) is 1.40. The van der Waals surface area contributed by atoms with Gasteiger partial charge in [0, 0.05) is 4.90 Å². The average molecular weight is 190 g/mol. The first-order chi connectivity index (χ1) is 6.31. The largest absolute Gasteiger partial charge is 0.392 e. The average Bonchev–Trinajstić information content (AvgIpc) is 2.17. The van der Waals surface area contributed by atoms with E-state index in [1.165, 1.54) is 0 Å². The van der Waals surface area contributed by atoms with Crippen LogP contribution < -0.4 is 0 Å². The van der Waals surface area contributed by atoms with E-state index in [2.05, 4.69) is 12.6 Å². The molecule has 2 aromatic rings. The van der Waals surface area contributed by atoms with Crippen LogP contribution in [0, 0.1) is 0 Å². The molecule has 0 aliphatic heterocycles. The van der Waals surface area contributed by atoms with Crippen molar-refractivity contribution in [2.24, 2.45) is 0 Å². The highest BCUT2D eigenvalue weighted by Crippen LogP contribution is 2.22. The number of fused-ring (bicyclic) bond motifs is 1. The zero-order chi connectivity index (χ0) is 9.26. The Morgan fingerprint density at radius 3 is 2.31 bits per heavy atom. The molecule has 0 aliphatic carbocycles. The maximum Gasteiger partial charge on any atom is 0.0692 e. The lowest BCUT2D eigenvalue weighted by atomic mass is 10.1. The fourth-order valence-corrected chi connectivity index (χ4v) is 1.68. The van der Waals surface area contributed by atoms with Gasteiger partial charge in [0.1, 0.15) is 0 Å². The Bertz CT molecular complexity index is 437. The number of hydrogen-bond acceptors (Lipinski definition) is 2. The van der Waals surface area contributed by atoms with Gasteiger partial charge in [-0.1, -0.05) is 24.3 Å². The third kappa shape index (κ3) is 1.55. The summed E-state index contributed by atoms with van der Waals surface area (Å²) in [6.07, 6.45) is 0. The van der Waals surface area contributed by atoms with Crippen LogP contribution in [-0.4, -0.2) is 5.11 Å². The minimum absolute atomic E-state index is 0.0453. The minimum Gasteiger partial charge on any atom is -0.392 e. The maximum atomic E-state index is 9.03. The van der Waals surface area contributed by atoms with Gasteiger partial charge in [0.05, 0.1) is 6.61 Å². The quantitative estimate of drug-likeness (QED) is 0.662. The lowest BCUT2D eigenvalue weighted by molar-refractivity contribution is 0.279. The fraction of sp³-hybridized carbons (Fsp3) is 0.0909. The van der Waals surface area contributed by atoms with E-state index >= 15 is 0 Å². The second kappa shape index (κ2) is 3.40. The number of aliphatic hydroxyl groups excluding tert-OH is 1. The molecule has 0 aromatic heterocycles. The number of benzene rings is 2. The summed E-state index contributed by atoms with van der Waals surface area (Å²) in [5.74, 6) is 0. The van der Waals surface area contributed by atoms with E-state index in [4.69, 9.17) is 5.11 Å². The van der Waals surface area contributed by atoms with Crippen LogP contribution in [-0.2, 0) is 6.61 Å². The molecule has 1 N–H and O–H groups in total. The van der Waals surface area contributed by atoms with E-state index < -0.39 is 0 Å². The van der Waals surface area contributed by atoms with Crippen molar-refractivity contribution in [1.82, 2.24) is 0 Å². The molecule has 0 unspecified atom stereocenters. The van der Waals surface area contributed by atoms with Gasteiger partial charge in [-0.05, 0) is 28.5 Å². The Hall–Kier alpha value is -0.990. The number of hydrogen-bond donors (Lipinski definition) is 2. The highest BCUT2D eigenvalue weighted by Gasteiger charge is 1.99. The molecular weight excluding hydrogens is 180 g/mol. The summed E-state index contributed by atoms with van der Waals surface area (Å²) in [7, 11) is 0. The molecular formula is C11H10OS. The van der Waals surface area contributed by atoms with Crippen LogP contribution in [0.2, 0.25) is 0 Å². The van der Waals surface area contributed by atoms with Gasteiger partial charge in [-0.25, -0.2) is 0 Å². The summed E-state index contributed by atoms with van der Waals surface area (Å²) in [4.78, 5) is 0.848. The summed E-state index contributed by atoms with van der Waals surface area (Å²) in [6.45, 7) is 0.0453. The molecule has 66 valence electrons. The zero-order valence-electron chi connectivity index (χ0n) is 7.07. The lowest BCUT2D eigenvalue weighted by Crippen LogP contribution is -1.85. The molecule has 0 aliphatic rings. The number of aliphatic hydroxyl groups is 1. The highest BCUT2D eigenvalue weighted by molar-refractivity contribution is 7.80. The summed E-state index contributed by atoms with van der Waals surface area (Å²) in [5, 5.41) is 11.3. The van der Waals surface area contributed by atoms with Gasteiger partial charge >= 0.3 is 0 Å². The first kappa shape index (κ1) is 8.60. The highest BCUT2D eigenvalue weighted by atomic mass is 32.1. The maximum absolute atomic E-state index is 9.03. The number of thiol groups is 1. The van der Waals surface area contributed by atoms with E-state index in [-0.39, 0.29) is 6.61 Å². The van der Waals surface area contributed by atoms with Crippen LogP contribution in [0.4, 0.5) is 0 Å². The van der Waals surface area contributed by atoms with E-state index in [9.17, 15) is 0 Å². The van der Waals surface area contributed by atoms with Crippen LogP contribution in [0.5, 0.6) is 0 Å². The van der Waals surface area contributed by atoms with Crippen molar-refractivity contribution in [3.63, 3.8) is 0 Å². The van der Waals surface area contributed by atoms with Crippen molar-refractivity contribution in [3.05, 3.63) is 42.0 Å². The standard InChI is InChI=1S/C11H10OS/c12-7-10-5-8-3-1-2-4-9(8)6-11(10)13/h1-6,12-13H,7H2. The van der Waals surface area contributed by atoms with Crippen molar-refractivity contribution in [2.45, 2.75) is 11.5 Å². The Balaban J connectivity index is 2.74. The second-order valence-electron chi connectivity index (χ2n) is 2.99. The number of rotatable bonds is 1. The molecule has 2 heteroatoms. The molecule has 0 radical (unpaired) electrons. The van der Waals surface area contributed by atoms with E-state index in [0.717, 1.165) is 21.2 Å². The third-order valence-electron chi connectivity index (χ3n) is 2.12. The molecule has 0 saturated heterocycles. The summed E-state index contributed by atoms with van der Waals surface area (Å²) in [6, 6.07) is 12.0. The van der Waals surface area contributed by atoms with Crippen LogP contribution in [0.25, 0.3) is 10.8 Å². The van der Waals surface area contributed by atoms with Crippen molar-refractivity contribution < 1.29 is 5.11 Å². The van der Waals surface area contributed by atoms with Crippen molar-refractivity contribution in [1.29, 1.82) is 0 Å². The Morgan fingerprint density at radius 2 is 1.69 bits per heavy atom. The van der Waals surface area contributed by atoms with Gasteiger partial charge in [-0.15, -0.1) is 12.6 Å².